The van der Waals surface area contributed by atoms with Gasteiger partial charge < -0.3 is 9.80 Å². The lowest BCUT2D eigenvalue weighted by molar-refractivity contribution is -0.143. The van der Waals surface area contributed by atoms with Gasteiger partial charge in [0.1, 0.15) is 0 Å². The Labute approximate surface area is 233 Å². The van der Waals surface area contributed by atoms with Gasteiger partial charge in [0.15, 0.2) is 0 Å². The second kappa shape index (κ2) is 11.6. The van der Waals surface area contributed by atoms with Crippen LogP contribution in [0.4, 0.5) is 26.3 Å². The quantitative estimate of drug-likeness (QED) is 0.392. The minimum absolute atomic E-state index is 0.0171. The Kier molecular flexibility index (Phi) is 8.75. The Morgan fingerprint density at radius 1 is 0.875 bits per heavy atom. The first-order valence-electron chi connectivity index (χ1n) is 13.0. The van der Waals surface area contributed by atoms with Crippen LogP contribution in [0.5, 0.6) is 0 Å². The molecule has 2 fully saturated rings. The standard InChI is InChI=1S/C28H30ClF6N3O2/c1-17(39)37-10-7-23(8-11-37)38-12-9-25(24(16-38)18-3-5-22(29)6-4-18)36(2)26(40)19-13-20(27(30,31)32)15-21(14-19)28(33,34)35/h3-6,13-15,23-25H,7-12,16H2,1-2H3/t24-,25+/m0/s1. The van der Waals surface area contributed by atoms with Gasteiger partial charge in [-0.1, -0.05) is 23.7 Å². The van der Waals surface area contributed by atoms with Crippen LogP contribution >= 0.6 is 11.6 Å². The molecular weight excluding hydrogens is 560 g/mol. The molecule has 0 spiro atoms. The number of likely N-dealkylation sites (tertiary alicyclic amines) is 2. The highest BCUT2D eigenvalue weighted by molar-refractivity contribution is 6.30. The molecule has 2 atom stereocenters. The molecule has 0 aliphatic carbocycles. The van der Waals surface area contributed by atoms with E-state index in [0.29, 0.717) is 49.8 Å². The number of carbonyl (C=O) groups is 2. The third kappa shape index (κ3) is 6.74. The number of carbonyl (C=O) groups excluding carboxylic acids is 2. The molecule has 0 unspecified atom stereocenters. The number of rotatable bonds is 4. The lowest BCUT2D eigenvalue weighted by atomic mass is 9.83. The average molecular weight is 590 g/mol. The van der Waals surface area contributed by atoms with E-state index < -0.39 is 41.0 Å². The Morgan fingerprint density at radius 2 is 1.43 bits per heavy atom. The predicted molar refractivity (Wildman–Crippen MR) is 138 cm³/mol. The molecule has 0 saturated carbocycles. The highest BCUT2D eigenvalue weighted by Gasteiger charge is 2.41. The van der Waals surface area contributed by atoms with Crippen molar-refractivity contribution in [3.63, 3.8) is 0 Å². The van der Waals surface area contributed by atoms with E-state index in [1.54, 1.807) is 17.0 Å². The van der Waals surface area contributed by atoms with Crippen molar-refractivity contribution in [3.05, 3.63) is 69.7 Å². The third-order valence-electron chi connectivity index (χ3n) is 7.98. The van der Waals surface area contributed by atoms with Crippen LogP contribution in [0.1, 0.15) is 59.2 Å². The smallest absolute Gasteiger partial charge is 0.343 e. The van der Waals surface area contributed by atoms with E-state index in [0.717, 1.165) is 18.4 Å². The Morgan fingerprint density at radius 3 is 1.93 bits per heavy atom. The zero-order chi connectivity index (χ0) is 29.4. The number of halogens is 7. The lowest BCUT2D eigenvalue weighted by Gasteiger charge is -2.47. The third-order valence-corrected chi connectivity index (χ3v) is 8.24. The van der Waals surface area contributed by atoms with E-state index in [2.05, 4.69) is 4.90 Å². The Balaban J connectivity index is 1.62. The summed E-state index contributed by atoms with van der Waals surface area (Å²) in [5.74, 6) is -1.15. The Hall–Kier alpha value is -2.79. The van der Waals surface area contributed by atoms with Crippen molar-refractivity contribution in [3.8, 4) is 0 Å². The summed E-state index contributed by atoms with van der Waals surface area (Å²) in [6, 6.07) is 7.77. The van der Waals surface area contributed by atoms with Crippen molar-refractivity contribution in [1.82, 2.24) is 14.7 Å². The van der Waals surface area contributed by atoms with Crippen molar-refractivity contribution in [2.75, 3.05) is 33.2 Å². The van der Waals surface area contributed by atoms with Crippen LogP contribution < -0.4 is 0 Å². The van der Waals surface area contributed by atoms with Gasteiger partial charge in [-0.2, -0.15) is 26.3 Å². The maximum absolute atomic E-state index is 13.4. The van der Waals surface area contributed by atoms with Gasteiger partial charge in [0.2, 0.25) is 5.91 Å². The van der Waals surface area contributed by atoms with Crippen molar-refractivity contribution < 1.29 is 35.9 Å². The molecule has 2 aliphatic heterocycles. The molecule has 12 heteroatoms. The van der Waals surface area contributed by atoms with Crippen molar-refractivity contribution in [1.29, 1.82) is 0 Å². The normalized spacial score (nSPS) is 21.4. The zero-order valence-corrected chi connectivity index (χ0v) is 22.8. The minimum atomic E-state index is -5.05. The molecule has 2 aromatic rings. The molecule has 2 aromatic carbocycles. The SMILES string of the molecule is CC(=O)N1CCC(N2CC[C@@H](N(C)C(=O)c3cc(C(F)(F)F)cc(C(F)(F)F)c3)[C@H](c3ccc(Cl)cc3)C2)CC1. The fourth-order valence-electron chi connectivity index (χ4n) is 5.78. The summed E-state index contributed by atoms with van der Waals surface area (Å²) in [6.45, 7) is 3.94. The van der Waals surface area contributed by atoms with Gasteiger partial charge in [-0.05, 0) is 55.2 Å². The van der Waals surface area contributed by atoms with E-state index in [4.69, 9.17) is 11.6 Å². The molecule has 2 aliphatic rings. The lowest BCUT2D eigenvalue weighted by Crippen LogP contribution is -2.55. The van der Waals surface area contributed by atoms with E-state index in [-0.39, 0.29) is 23.9 Å². The van der Waals surface area contributed by atoms with Crippen LogP contribution in [0.25, 0.3) is 0 Å². The van der Waals surface area contributed by atoms with Crippen LogP contribution in [0.15, 0.2) is 42.5 Å². The predicted octanol–water partition coefficient (Wildman–Crippen LogP) is 6.32. The summed E-state index contributed by atoms with van der Waals surface area (Å²) in [4.78, 5) is 30.5. The number of amides is 2. The molecule has 0 N–H and O–H groups in total. The highest BCUT2D eigenvalue weighted by Crippen LogP contribution is 2.38. The maximum Gasteiger partial charge on any atom is 0.416 e. The number of nitrogens with zero attached hydrogens (tertiary/aromatic N) is 3. The van der Waals surface area contributed by atoms with Gasteiger partial charge in [0, 0.05) is 68.7 Å². The number of benzene rings is 2. The number of alkyl halides is 6. The van der Waals surface area contributed by atoms with E-state index in [1.807, 2.05) is 12.1 Å². The maximum atomic E-state index is 13.4. The van der Waals surface area contributed by atoms with Gasteiger partial charge >= 0.3 is 12.4 Å². The Bertz CT molecular complexity index is 1190. The number of hydrogen-bond donors (Lipinski definition) is 0. The first-order valence-corrected chi connectivity index (χ1v) is 13.3. The number of likely N-dealkylation sites (N-methyl/N-ethyl adjacent to an activating group) is 1. The second-order valence-electron chi connectivity index (χ2n) is 10.5. The monoisotopic (exact) mass is 589 g/mol. The first-order chi connectivity index (χ1) is 18.6. The van der Waals surface area contributed by atoms with Crippen LogP contribution in [0.2, 0.25) is 5.02 Å². The van der Waals surface area contributed by atoms with Crippen molar-refractivity contribution >= 4 is 23.4 Å². The summed E-state index contributed by atoms with van der Waals surface area (Å²) >= 11 is 6.08. The van der Waals surface area contributed by atoms with Crippen LogP contribution in [0, 0.1) is 0 Å². The number of hydrogen-bond acceptors (Lipinski definition) is 3. The second-order valence-corrected chi connectivity index (χ2v) is 10.9. The summed E-state index contributed by atoms with van der Waals surface area (Å²) in [5, 5.41) is 0.512. The summed E-state index contributed by atoms with van der Waals surface area (Å²) in [6.07, 6.45) is -8.06. The van der Waals surface area contributed by atoms with Gasteiger partial charge in [-0.25, -0.2) is 0 Å². The first kappa shape index (κ1) is 30.2. The molecular formula is C28H30ClF6N3O2. The molecule has 40 heavy (non-hydrogen) atoms. The van der Waals surface area contributed by atoms with Gasteiger partial charge in [-0.3, -0.25) is 14.5 Å². The van der Waals surface area contributed by atoms with Crippen LogP contribution in [0.3, 0.4) is 0 Å². The molecule has 2 amide bonds. The van der Waals surface area contributed by atoms with Crippen molar-refractivity contribution in [2.45, 2.75) is 56.5 Å². The average Bonchev–Trinajstić information content (AvgIpc) is 2.91. The fourth-order valence-corrected chi connectivity index (χ4v) is 5.90. The fraction of sp³-hybridized carbons (Fsp3) is 0.500. The van der Waals surface area contributed by atoms with Crippen LogP contribution in [-0.4, -0.2) is 71.8 Å². The molecule has 5 nitrogen and oxygen atoms in total. The van der Waals surface area contributed by atoms with Crippen molar-refractivity contribution in [2.24, 2.45) is 0 Å². The van der Waals surface area contributed by atoms with Gasteiger partial charge in [0.05, 0.1) is 11.1 Å². The molecule has 4 rings (SSSR count). The molecule has 2 heterocycles. The zero-order valence-electron chi connectivity index (χ0n) is 22.0. The summed E-state index contributed by atoms with van der Waals surface area (Å²) in [5.41, 5.74) is -2.86. The van der Waals surface area contributed by atoms with E-state index >= 15 is 0 Å². The summed E-state index contributed by atoms with van der Waals surface area (Å²) in [7, 11) is 1.42. The largest absolute Gasteiger partial charge is 0.416 e. The number of piperidine rings is 2. The van der Waals surface area contributed by atoms with E-state index in [9.17, 15) is 35.9 Å². The van der Waals surface area contributed by atoms with Gasteiger partial charge in [0.25, 0.3) is 5.91 Å². The molecule has 0 aromatic heterocycles. The van der Waals surface area contributed by atoms with E-state index in [1.165, 1.54) is 18.9 Å². The van der Waals surface area contributed by atoms with Gasteiger partial charge in [-0.15, -0.1) is 0 Å². The summed E-state index contributed by atoms with van der Waals surface area (Å²) < 4.78 is 80.6. The molecule has 0 radical (unpaired) electrons. The highest BCUT2D eigenvalue weighted by atomic mass is 35.5. The molecule has 0 bridgehead atoms. The topological polar surface area (TPSA) is 43.9 Å². The van der Waals surface area contributed by atoms with Crippen LogP contribution in [-0.2, 0) is 17.1 Å². The minimum Gasteiger partial charge on any atom is -0.343 e. The molecule has 2 saturated heterocycles. The molecule has 218 valence electrons.